The van der Waals surface area contributed by atoms with Crippen molar-refractivity contribution >= 4 is 5.97 Å². The van der Waals surface area contributed by atoms with E-state index < -0.39 is 0 Å². The van der Waals surface area contributed by atoms with Crippen molar-refractivity contribution in [3.8, 4) is 0 Å². The minimum atomic E-state index is -0.337. The van der Waals surface area contributed by atoms with Crippen LogP contribution in [0.3, 0.4) is 0 Å². The van der Waals surface area contributed by atoms with E-state index in [1.54, 1.807) is 0 Å². The molecule has 110 valence electrons. The van der Waals surface area contributed by atoms with E-state index in [1.807, 2.05) is 6.08 Å². The molecule has 0 bridgehead atoms. The lowest BCUT2D eigenvalue weighted by molar-refractivity contribution is -0.182. The maximum Gasteiger partial charge on any atom is 0.316 e. The van der Waals surface area contributed by atoms with Gasteiger partial charge < -0.3 is 9.84 Å². The fourth-order valence-corrected chi connectivity index (χ4v) is 2.36. The summed E-state index contributed by atoms with van der Waals surface area (Å²) in [4.78, 5) is 11.4. The molecule has 0 saturated carbocycles. The third-order valence-corrected chi connectivity index (χ3v) is 3.65. The number of aliphatic hydroxyl groups excluding tert-OH is 1. The van der Waals surface area contributed by atoms with E-state index in [1.165, 1.54) is 6.42 Å². The van der Waals surface area contributed by atoms with Crippen LogP contribution in [0.1, 0.15) is 65.2 Å². The van der Waals surface area contributed by atoms with Gasteiger partial charge in [0.05, 0.1) is 6.10 Å². The molecule has 3 atom stereocenters. The van der Waals surface area contributed by atoms with Crippen LogP contribution in [0, 0.1) is 5.92 Å². The molecule has 1 rings (SSSR count). The van der Waals surface area contributed by atoms with E-state index in [0.717, 1.165) is 38.5 Å². The van der Waals surface area contributed by atoms with E-state index in [9.17, 15) is 9.90 Å². The highest BCUT2D eigenvalue weighted by molar-refractivity contribution is 5.80. The number of rotatable bonds is 10. The lowest BCUT2D eigenvalue weighted by atomic mass is 9.90. The SMILES string of the molecule is CCCC/C=C/[C@@H]1C(=O)O[C@H]1C[C@@H](O)CCCCC. The van der Waals surface area contributed by atoms with E-state index in [4.69, 9.17) is 4.74 Å². The Kier molecular flexibility index (Phi) is 7.80. The molecule has 0 amide bonds. The first-order chi connectivity index (χ1) is 9.19. The molecule has 1 heterocycles. The first kappa shape index (κ1) is 16.2. The number of carbonyl (C=O) groups excluding carboxylic acids is 1. The van der Waals surface area contributed by atoms with E-state index in [2.05, 4.69) is 19.9 Å². The fourth-order valence-electron chi connectivity index (χ4n) is 2.36. The smallest absolute Gasteiger partial charge is 0.316 e. The van der Waals surface area contributed by atoms with Gasteiger partial charge in [-0.05, 0) is 12.8 Å². The minimum Gasteiger partial charge on any atom is -0.460 e. The molecule has 3 nitrogen and oxygen atoms in total. The fraction of sp³-hybridized carbons (Fsp3) is 0.812. The first-order valence-corrected chi connectivity index (χ1v) is 7.74. The largest absolute Gasteiger partial charge is 0.460 e. The Balaban J connectivity index is 2.25. The predicted octanol–water partition coefficient (Wildman–Crippen LogP) is 3.61. The van der Waals surface area contributed by atoms with Gasteiger partial charge in [0.25, 0.3) is 0 Å². The first-order valence-electron chi connectivity index (χ1n) is 7.74. The van der Waals surface area contributed by atoms with Crippen molar-refractivity contribution in [3.05, 3.63) is 12.2 Å². The van der Waals surface area contributed by atoms with Crippen LogP contribution in [0.2, 0.25) is 0 Å². The summed E-state index contributed by atoms with van der Waals surface area (Å²) in [6.07, 6.45) is 11.7. The maximum atomic E-state index is 11.4. The summed E-state index contributed by atoms with van der Waals surface area (Å²) in [7, 11) is 0. The molecule has 0 aromatic rings. The van der Waals surface area contributed by atoms with E-state index >= 15 is 0 Å². The molecule has 0 aromatic carbocycles. The molecule has 1 saturated heterocycles. The summed E-state index contributed by atoms with van der Waals surface area (Å²) in [6.45, 7) is 4.30. The van der Waals surface area contributed by atoms with Crippen molar-refractivity contribution in [1.82, 2.24) is 0 Å². The van der Waals surface area contributed by atoms with Crippen molar-refractivity contribution in [3.63, 3.8) is 0 Å². The van der Waals surface area contributed by atoms with Crippen LogP contribution >= 0.6 is 0 Å². The molecule has 1 aliphatic heterocycles. The lowest BCUT2D eigenvalue weighted by Crippen LogP contribution is -2.45. The van der Waals surface area contributed by atoms with Crippen LogP contribution in [-0.4, -0.2) is 23.3 Å². The zero-order valence-electron chi connectivity index (χ0n) is 12.3. The molecule has 0 radical (unpaired) electrons. The third-order valence-electron chi connectivity index (χ3n) is 3.65. The summed E-state index contributed by atoms with van der Waals surface area (Å²) >= 11 is 0. The standard InChI is InChI=1S/C16H28O3/c1-3-5-7-9-11-14-15(19-16(14)18)12-13(17)10-8-6-4-2/h9,11,13-15,17H,3-8,10,12H2,1-2H3/b11-9+/t13-,14-,15-/m0/s1. The van der Waals surface area contributed by atoms with Crippen molar-refractivity contribution in [1.29, 1.82) is 0 Å². The number of allylic oxidation sites excluding steroid dienone is 1. The summed E-state index contributed by atoms with van der Waals surface area (Å²) < 4.78 is 5.14. The highest BCUT2D eigenvalue weighted by atomic mass is 16.6. The molecular weight excluding hydrogens is 240 g/mol. The molecule has 3 heteroatoms. The van der Waals surface area contributed by atoms with Gasteiger partial charge in [-0.25, -0.2) is 0 Å². The number of esters is 1. The highest BCUT2D eigenvalue weighted by Gasteiger charge is 2.41. The van der Waals surface area contributed by atoms with Crippen molar-refractivity contribution in [2.24, 2.45) is 5.92 Å². The summed E-state index contributed by atoms with van der Waals surface area (Å²) in [5.74, 6) is -0.267. The number of cyclic esters (lactones) is 1. The number of unbranched alkanes of at least 4 members (excludes halogenated alkanes) is 4. The Hall–Kier alpha value is -0.830. The van der Waals surface area contributed by atoms with Gasteiger partial charge in [0, 0.05) is 6.42 Å². The van der Waals surface area contributed by atoms with Gasteiger partial charge in [0.15, 0.2) is 0 Å². The Morgan fingerprint density at radius 3 is 2.63 bits per heavy atom. The third kappa shape index (κ3) is 5.77. The molecule has 1 N–H and O–H groups in total. The topological polar surface area (TPSA) is 46.5 Å². The molecule has 0 aromatic heterocycles. The van der Waals surface area contributed by atoms with Gasteiger partial charge in [-0.1, -0.05) is 58.1 Å². The highest BCUT2D eigenvalue weighted by Crippen LogP contribution is 2.28. The monoisotopic (exact) mass is 268 g/mol. The number of carbonyl (C=O) groups is 1. The molecule has 1 fully saturated rings. The molecular formula is C16H28O3. The van der Waals surface area contributed by atoms with Crippen LogP contribution < -0.4 is 0 Å². The predicted molar refractivity (Wildman–Crippen MR) is 76.8 cm³/mol. The van der Waals surface area contributed by atoms with E-state index in [0.29, 0.717) is 6.42 Å². The molecule has 0 spiro atoms. The second-order valence-electron chi connectivity index (χ2n) is 5.46. The van der Waals surface area contributed by atoms with Gasteiger partial charge in [0.2, 0.25) is 0 Å². The number of hydrogen-bond acceptors (Lipinski definition) is 3. The van der Waals surface area contributed by atoms with Crippen LogP contribution in [0.25, 0.3) is 0 Å². The van der Waals surface area contributed by atoms with Crippen LogP contribution in [-0.2, 0) is 9.53 Å². The van der Waals surface area contributed by atoms with Gasteiger partial charge in [-0.3, -0.25) is 4.79 Å². The second-order valence-corrected chi connectivity index (χ2v) is 5.46. The Morgan fingerprint density at radius 2 is 2.00 bits per heavy atom. The lowest BCUT2D eigenvalue weighted by Gasteiger charge is -2.34. The van der Waals surface area contributed by atoms with Gasteiger partial charge in [0.1, 0.15) is 12.0 Å². The molecule has 1 aliphatic rings. The van der Waals surface area contributed by atoms with Crippen LogP contribution in [0.5, 0.6) is 0 Å². The van der Waals surface area contributed by atoms with Crippen LogP contribution in [0.15, 0.2) is 12.2 Å². The summed E-state index contributed by atoms with van der Waals surface area (Å²) in [6, 6.07) is 0. The Morgan fingerprint density at radius 1 is 1.26 bits per heavy atom. The minimum absolute atomic E-state index is 0.109. The normalized spacial score (nSPS) is 24.3. The Labute approximate surface area is 117 Å². The quantitative estimate of drug-likeness (QED) is 0.374. The second kappa shape index (κ2) is 9.13. The number of hydrogen-bond donors (Lipinski definition) is 1. The average Bonchev–Trinajstić information content (AvgIpc) is 2.38. The number of aliphatic hydroxyl groups is 1. The van der Waals surface area contributed by atoms with Crippen molar-refractivity contribution in [2.75, 3.05) is 0 Å². The summed E-state index contributed by atoms with van der Waals surface area (Å²) in [5, 5.41) is 9.91. The van der Waals surface area contributed by atoms with Crippen LogP contribution in [0.4, 0.5) is 0 Å². The number of ether oxygens (including phenoxy) is 1. The Bertz CT molecular complexity index is 286. The van der Waals surface area contributed by atoms with E-state index in [-0.39, 0.29) is 24.1 Å². The molecule has 0 unspecified atom stereocenters. The molecule has 0 aliphatic carbocycles. The zero-order chi connectivity index (χ0) is 14.1. The molecule has 19 heavy (non-hydrogen) atoms. The average molecular weight is 268 g/mol. The van der Waals surface area contributed by atoms with Gasteiger partial charge >= 0.3 is 5.97 Å². The van der Waals surface area contributed by atoms with Gasteiger partial charge in [-0.2, -0.15) is 0 Å². The maximum absolute atomic E-state index is 11.4. The zero-order valence-corrected chi connectivity index (χ0v) is 12.3. The van der Waals surface area contributed by atoms with Crippen molar-refractivity contribution in [2.45, 2.75) is 77.4 Å². The van der Waals surface area contributed by atoms with Crippen molar-refractivity contribution < 1.29 is 14.6 Å². The summed E-state index contributed by atoms with van der Waals surface area (Å²) in [5.41, 5.74) is 0. The van der Waals surface area contributed by atoms with Gasteiger partial charge in [-0.15, -0.1) is 0 Å².